The lowest BCUT2D eigenvalue weighted by Crippen LogP contribution is -2.31. The molecule has 0 radical (unpaired) electrons. The third kappa shape index (κ3) is 11.9. The molecule has 3 heteroatoms. The summed E-state index contributed by atoms with van der Waals surface area (Å²) < 4.78 is 10.2. The maximum atomic E-state index is 8.08. The fourth-order valence-electron chi connectivity index (χ4n) is 1.09. The second kappa shape index (κ2) is 5.10. The molecule has 1 saturated heterocycles. The van der Waals surface area contributed by atoms with Gasteiger partial charge in [-0.25, -0.2) is 0 Å². The van der Waals surface area contributed by atoms with E-state index in [-0.39, 0.29) is 23.9 Å². The zero-order chi connectivity index (χ0) is 11.4. The molecule has 1 aliphatic heterocycles. The van der Waals surface area contributed by atoms with Crippen LogP contribution >= 0.6 is 0 Å². The smallest absolute Gasteiger partial charge is 0.104 e. The van der Waals surface area contributed by atoms with Gasteiger partial charge in [0.05, 0.1) is 24.4 Å². The van der Waals surface area contributed by atoms with E-state index in [9.17, 15) is 0 Å². The molecular formula is C11H24O3. The Morgan fingerprint density at radius 2 is 1.50 bits per heavy atom. The Labute approximate surface area is 87.4 Å². The SMILES string of the molecule is CC(C)(C)OC(C)(C)C.OCC1CO1. The Morgan fingerprint density at radius 1 is 1.14 bits per heavy atom. The average Bonchev–Trinajstić information content (AvgIpc) is 2.59. The van der Waals surface area contributed by atoms with E-state index < -0.39 is 0 Å². The number of hydrogen-bond acceptors (Lipinski definition) is 3. The fraction of sp³-hybridized carbons (Fsp3) is 1.00. The van der Waals surface area contributed by atoms with Crippen molar-refractivity contribution in [1.29, 1.82) is 0 Å². The maximum absolute atomic E-state index is 8.08. The predicted molar refractivity (Wildman–Crippen MR) is 57.4 cm³/mol. The fourth-order valence-corrected chi connectivity index (χ4v) is 1.09. The van der Waals surface area contributed by atoms with E-state index in [4.69, 9.17) is 9.84 Å². The molecule has 0 aliphatic carbocycles. The predicted octanol–water partition coefficient (Wildman–Crippen LogP) is 1.98. The Bertz CT molecular complexity index is 137. The van der Waals surface area contributed by atoms with Crippen LogP contribution in [0.5, 0.6) is 0 Å². The topological polar surface area (TPSA) is 42.0 Å². The number of aliphatic hydroxyl groups excluding tert-OH is 1. The number of aliphatic hydroxyl groups is 1. The molecule has 1 fully saturated rings. The van der Waals surface area contributed by atoms with Gasteiger partial charge in [0, 0.05) is 0 Å². The van der Waals surface area contributed by atoms with E-state index in [0.717, 1.165) is 6.61 Å². The first kappa shape index (κ1) is 13.9. The Hall–Kier alpha value is -0.120. The van der Waals surface area contributed by atoms with E-state index in [1.807, 2.05) is 0 Å². The summed E-state index contributed by atoms with van der Waals surface area (Å²) in [6.45, 7) is 13.4. The van der Waals surface area contributed by atoms with E-state index in [1.165, 1.54) is 0 Å². The summed E-state index contributed by atoms with van der Waals surface area (Å²) in [6, 6.07) is 0. The van der Waals surface area contributed by atoms with Crippen LogP contribution in [0.4, 0.5) is 0 Å². The molecule has 1 N–H and O–H groups in total. The van der Waals surface area contributed by atoms with Gasteiger partial charge in [0.25, 0.3) is 0 Å². The number of hydrogen-bond donors (Lipinski definition) is 1. The van der Waals surface area contributed by atoms with E-state index >= 15 is 0 Å². The van der Waals surface area contributed by atoms with Gasteiger partial charge >= 0.3 is 0 Å². The lowest BCUT2D eigenvalue weighted by Gasteiger charge is -2.30. The lowest BCUT2D eigenvalue weighted by molar-refractivity contribution is -0.102. The second-order valence-corrected chi connectivity index (χ2v) is 5.46. The van der Waals surface area contributed by atoms with Crippen LogP contribution in [0.25, 0.3) is 0 Å². The summed E-state index contributed by atoms with van der Waals surface area (Å²) in [6.07, 6.45) is 0.190. The highest BCUT2D eigenvalue weighted by Gasteiger charge is 2.20. The monoisotopic (exact) mass is 204 g/mol. The van der Waals surface area contributed by atoms with Crippen molar-refractivity contribution >= 4 is 0 Å². The molecule has 86 valence electrons. The first-order valence-electron chi connectivity index (χ1n) is 5.07. The van der Waals surface area contributed by atoms with E-state index in [0.29, 0.717) is 0 Å². The Kier molecular flexibility index (Phi) is 5.06. The van der Waals surface area contributed by atoms with Gasteiger partial charge in [0.1, 0.15) is 6.10 Å². The summed E-state index contributed by atoms with van der Waals surface area (Å²) in [5, 5.41) is 8.08. The van der Waals surface area contributed by atoms with Crippen LogP contribution in [0, 0.1) is 0 Å². The van der Waals surface area contributed by atoms with Gasteiger partial charge in [-0.1, -0.05) is 0 Å². The van der Waals surface area contributed by atoms with Gasteiger partial charge < -0.3 is 14.6 Å². The molecule has 1 atom stereocenters. The Balaban J connectivity index is 0.000000280. The van der Waals surface area contributed by atoms with Crippen LogP contribution in [-0.2, 0) is 9.47 Å². The molecule has 3 nitrogen and oxygen atoms in total. The standard InChI is InChI=1S/C8H18O.C3H6O2/c1-7(2,3)9-8(4,5)6;4-1-3-2-5-3/h1-6H3;3-4H,1-2H2. The summed E-state index contributed by atoms with van der Waals surface area (Å²) in [7, 11) is 0. The first-order valence-corrected chi connectivity index (χ1v) is 5.07. The van der Waals surface area contributed by atoms with E-state index in [2.05, 4.69) is 46.3 Å². The first-order chi connectivity index (χ1) is 6.14. The third-order valence-electron chi connectivity index (χ3n) is 1.22. The van der Waals surface area contributed by atoms with Crippen LogP contribution in [-0.4, -0.2) is 35.6 Å². The number of epoxide rings is 1. The van der Waals surface area contributed by atoms with Crippen molar-refractivity contribution in [2.45, 2.75) is 58.8 Å². The molecule has 0 saturated carbocycles. The highest BCUT2D eigenvalue weighted by Crippen LogP contribution is 2.17. The zero-order valence-electron chi connectivity index (χ0n) is 10.3. The van der Waals surface area contributed by atoms with Crippen LogP contribution < -0.4 is 0 Å². The van der Waals surface area contributed by atoms with Gasteiger partial charge in [-0.3, -0.25) is 0 Å². The molecule has 14 heavy (non-hydrogen) atoms. The Morgan fingerprint density at radius 3 is 1.50 bits per heavy atom. The summed E-state index contributed by atoms with van der Waals surface area (Å²) in [5.41, 5.74) is -0.0312. The van der Waals surface area contributed by atoms with Gasteiger partial charge in [-0.05, 0) is 41.5 Å². The highest BCUT2D eigenvalue weighted by atomic mass is 16.6. The highest BCUT2D eigenvalue weighted by molar-refractivity contribution is 4.68. The largest absolute Gasteiger partial charge is 0.394 e. The lowest BCUT2D eigenvalue weighted by atomic mass is 10.1. The second-order valence-electron chi connectivity index (χ2n) is 5.46. The normalized spacial score (nSPS) is 21.2. The van der Waals surface area contributed by atoms with Crippen molar-refractivity contribution in [3.8, 4) is 0 Å². The zero-order valence-corrected chi connectivity index (χ0v) is 10.3. The van der Waals surface area contributed by atoms with E-state index in [1.54, 1.807) is 0 Å². The maximum Gasteiger partial charge on any atom is 0.104 e. The van der Waals surface area contributed by atoms with Gasteiger partial charge in [-0.15, -0.1) is 0 Å². The summed E-state index contributed by atoms with van der Waals surface area (Å²) in [5.74, 6) is 0. The molecule has 1 rings (SSSR count). The third-order valence-corrected chi connectivity index (χ3v) is 1.22. The minimum Gasteiger partial charge on any atom is -0.394 e. The number of rotatable bonds is 1. The molecule has 1 aliphatic rings. The van der Waals surface area contributed by atoms with Crippen molar-refractivity contribution in [1.82, 2.24) is 0 Å². The van der Waals surface area contributed by atoms with Gasteiger partial charge in [-0.2, -0.15) is 0 Å². The molecule has 1 heterocycles. The molecule has 0 spiro atoms. The molecule has 0 aromatic heterocycles. The van der Waals surface area contributed by atoms with Crippen LogP contribution in [0.15, 0.2) is 0 Å². The molecule has 0 aromatic rings. The molecule has 0 bridgehead atoms. The van der Waals surface area contributed by atoms with Gasteiger partial charge in [0.15, 0.2) is 0 Å². The summed E-state index contributed by atoms with van der Waals surface area (Å²) in [4.78, 5) is 0. The quantitative estimate of drug-likeness (QED) is 0.664. The molecule has 1 unspecified atom stereocenters. The molecule has 0 aromatic carbocycles. The van der Waals surface area contributed by atoms with Gasteiger partial charge in [0.2, 0.25) is 0 Å². The van der Waals surface area contributed by atoms with Crippen molar-refractivity contribution in [3.05, 3.63) is 0 Å². The van der Waals surface area contributed by atoms with Crippen molar-refractivity contribution in [2.75, 3.05) is 13.2 Å². The number of ether oxygens (including phenoxy) is 2. The van der Waals surface area contributed by atoms with Crippen molar-refractivity contribution in [3.63, 3.8) is 0 Å². The van der Waals surface area contributed by atoms with Crippen LogP contribution in [0.1, 0.15) is 41.5 Å². The van der Waals surface area contributed by atoms with Crippen LogP contribution in [0.2, 0.25) is 0 Å². The van der Waals surface area contributed by atoms with Crippen molar-refractivity contribution in [2.24, 2.45) is 0 Å². The van der Waals surface area contributed by atoms with Crippen molar-refractivity contribution < 1.29 is 14.6 Å². The minimum absolute atomic E-state index is 0.0156. The minimum atomic E-state index is -0.0156. The average molecular weight is 204 g/mol. The molecular weight excluding hydrogens is 180 g/mol. The molecule has 0 amide bonds. The summed E-state index contributed by atoms with van der Waals surface area (Å²) >= 11 is 0. The van der Waals surface area contributed by atoms with Crippen LogP contribution in [0.3, 0.4) is 0 Å².